The van der Waals surface area contributed by atoms with Crippen LogP contribution < -0.4 is 10.1 Å². The Labute approximate surface area is 122 Å². The molecule has 0 spiro atoms. The maximum Gasteiger partial charge on any atom is 0.230 e. The van der Waals surface area contributed by atoms with Gasteiger partial charge in [-0.1, -0.05) is 26.0 Å². The molecular weight excluding hydrogens is 272 g/mol. The third-order valence-electron chi connectivity index (χ3n) is 3.00. The van der Waals surface area contributed by atoms with Crippen LogP contribution in [0, 0.1) is 0 Å². The molecule has 0 atom stereocenters. The minimum absolute atomic E-state index is 0.0841. The molecule has 1 N–H and O–H groups in total. The van der Waals surface area contributed by atoms with Crippen LogP contribution in [0.4, 0.5) is 5.13 Å². The van der Waals surface area contributed by atoms with Crippen LogP contribution in [0.2, 0.25) is 0 Å². The third-order valence-corrected chi connectivity index (χ3v) is 3.69. The predicted molar refractivity (Wildman–Crippen MR) is 81.5 cm³/mol. The van der Waals surface area contributed by atoms with Gasteiger partial charge >= 0.3 is 0 Å². The lowest BCUT2D eigenvalue weighted by Gasteiger charge is -2.12. The predicted octanol–water partition coefficient (Wildman–Crippen LogP) is 3.46. The van der Waals surface area contributed by atoms with Crippen molar-refractivity contribution in [2.45, 2.75) is 26.2 Å². The minimum atomic E-state index is -0.0841. The number of nitrogens with zero attached hydrogens (tertiary/aromatic N) is 1. The fourth-order valence-corrected chi connectivity index (χ4v) is 2.46. The summed E-state index contributed by atoms with van der Waals surface area (Å²) in [5.41, 5.74) is 2.09. The number of hydrogen-bond donors (Lipinski definition) is 1. The molecular formula is C15H18N2O2S. The van der Waals surface area contributed by atoms with Gasteiger partial charge in [-0.3, -0.25) is 4.79 Å². The summed E-state index contributed by atoms with van der Waals surface area (Å²) in [6, 6.07) is 5.98. The van der Waals surface area contributed by atoms with Crippen molar-refractivity contribution in [1.29, 1.82) is 0 Å². The number of benzene rings is 1. The molecule has 0 radical (unpaired) electrons. The summed E-state index contributed by atoms with van der Waals surface area (Å²) in [5, 5.41) is 5.23. The molecule has 0 saturated carbocycles. The highest BCUT2D eigenvalue weighted by atomic mass is 32.1. The zero-order valence-corrected chi connectivity index (χ0v) is 12.7. The lowest BCUT2D eigenvalue weighted by Crippen LogP contribution is -2.15. The Hall–Kier alpha value is -1.88. The maximum atomic E-state index is 12.0. The van der Waals surface area contributed by atoms with Crippen molar-refractivity contribution < 1.29 is 9.53 Å². The van der Waals surface area contributed by atoms with Crippen LogP contribution in [0.5, 0.6) is 5.75 Å². The van der Waals surface area contributed by atoms with Crippen LogP contribution in [-0.2, 0) is 11.2 Å². The zero-order chi connectivity index (χ0) is 14.5. The van der Waals surface area contributed by atoms with Crippen molar-refractivity contribution in [3.63, 3.8) is 0 Å². The highest BCUT2D eigenvalue weighted by Gasteiger charge is 2.12. The van der Waals surface area contributed by atoms with Gasteiger partial charge in [0.2, 0.25) is 5.91 Å². The van der Waals surface area contributed by atoms with E-state index >= 15 is 0 Å². The first-order chi connectivity index (χ1) is 9.60. The largest absolute Gasteiger partial charge is 0.496 e. The van der Waals surface area contributed by atoms with Gasteiger partial charge in [0, 0.05) is 17.1 Å². The molecule has 0 unspecified atom stereocenters. The fourth-order valence-electron chi connectivity index (χ4n) is 1.92. The molecule has 0 aliphatic heterocycles. The van der Waals surface area contributed by atoms with Gasteiger partial charge in [-0.15, -0.1) is 11.3 Å². The van der Waals surface area contributed by atoms with Gasteiger partial charge < -0.3 is 10.1 Å². The molecule has 1 aromatic carbocycles. The average Bonchev–Trinajstić information content (AvgIpc) is 2.91. The second-order valence-corrected chi connectivity index (χ2v) is 5.68. The van der Waals surface area contributed by atoms with Crippen molar-refractivity contribution in [2.24, 2.45) is 0 Å². The Bertz CT molecular complexity index is 580. The van der Waals surface area contributed by atoms with Gasteiger partial charge in [0.05, 0.1) is 13.5 Å². The Balaban J connectivity index is 2.14. The third kappa shape index (κ3) is 3.57. The van der Waals surface area contributed by atoms with Crippen LogP contribution in [0.1, 0.15) is 30.9 Å². The number of nitrogens with one attached hydrogen (secondary N) is 1. The Kier molecular flexibility index (Phi) is 4.74. The summed E-state index contributed by atoms with van der Waals surface area (Å²) in [7, 11) is 1.62. The molecule has 5 heteroatoms. The molecule has 0 aliphatic carbocycles. The van der Waals surface area contributed by atoms with Crippen LogP contribution in [-0.4, -0.2) is 18.0 Å². The summed E-state index contributed by atoms with van der Waals surface area (Å²) in [4.78, 5) is 16.1. The second kappa shape index (κ2) is 6.52. The maximum absolute atomic E-state index is 12.0. The van der Waals surface area contributed by atoms with E-state index in [1.54, 1.807) is 13.3 Å². The average molecular weight is 290 g/mol. The van der Waals surface area contributed by atoms with E-state index in [0.717, 1.165) is 11.3 Å². The Morgan fingerprint density at radius 1 is 1.45 bits per heavy atom. The molecule has 0 fully saturated rings. The van der Waals surface area contributed by atoms with Crippen molar-refractivity contribution >= 4 is 22.4 Å². The number of methoxy groups -OCH3 is 1. The Morgan fingerprint density at radius 3 is 2.85 bits per heavy atom. The van der Waals surface area contributed by atoms with Gasteiger partial charge in [0.15, 0.2) is 5.13 Å². The SMILES string of the molecule is COc1ccc(C(C)C)cc1CC(=O)Nc1nccs1. The van der Waals surface area contributed by atoms with Gasteiger partial charge in [-0.05, 0) is 17.5 Å². The fraction of sp³-hybridized carbons (Fsp3) is 0.333. The van der Waals surface area contributed by atoms with E-state index in [-0.39, 0.29) is 12.3 Å². The van der Waals surface area contributed by atoms with Gasteiger partial charge in [-0.2, -0.15) is 0 Å². The number of aromatic nitrogens is 1. The molecule has 2 rings (SSSR count). The number of carbonyl (C=O) groups is 1. The Morgan fingerprint density at radius 2 is 2.25 bits per heavy atom. The molecule has 106 valence electrons. The van der Waals surface area contributed by atoms with Gasteiger partial charge in [0.1, 0.15) is 5.75 Å². The lowest BCUT2D eigenvalue weighted by molar-refractivity contribution is -0.115. The van der Waals surface area contributed by atoms with Crippen LogP contribution in [0.15, 0.2) is 29.8 Å². The van der Waals surface area contributed by atoms with Crippen molar-refractivity contribution in [2.75, 3.05) is 12.4 Å². The van der Waals surface area contributed by atoms with Crippen molar-refractivity contribution in [3.8, 4) is 5.75 Å². The number of thiazole rings is 1. The zero-order valence-electron chi connectivity index (χ0n) is 11.8. The molecule has 2 aromatic rings. The first-order valence-electron chi connectivity index (χ1n) is 6.46. The van der Waals surface area contributed by atoms with E-state index in [9.17, 15) is 4.79 Å². The molecule has 20 heavy (non-hydrogen) atoms. The number of anilines is 1. The second-order valence-electron chi connectivity index (χ2n) is 4.79. The lowest BCUT2D eigenvalue weighted by atomic mass is 9.99. The topological polar surface area (TPSA) is 51.2 Å². The van der Waals surface area contributed by atoms with Gasteiger partial charge in [-0.25, -0.2) is 4.98 Å². The van der Waals surface area contributed by atoms with E-state index in [1.165, 1.54) is 16.9 Å². The standard InChI is InChI=1S/C15H18N2O2S/c1-10(2)11-4-5-13(19-3)12(8-11)9-14(18)17-15-16-6-7-20-15/h4-8,10H,9H2,1-3H3,(H,16,17,18). The highest BCUT2D eigenvalue weighted by molar-refractivity contribution is 7.13. The number of amides is 1. The summed E-state index contributed by atoms with van der Waals surface area (Å²) >= 11 is 1.41. The van der Waals surface area contributed by atoms with Crippen LogP contribution >= 0.6 is 11.3 Å². The molecule has 1 amide bonds. The molecule has 1 heterocycles. The number of rotatable bonds is 5. The summed E-state index contributed by atoms with van der Waals surface area (Å²) < 4.78 is 5.32. The monoisotopic (exact) mass is 290 g/mol. The van der Waals surface area contributed by atoms with Crippen LogP contribution in [0.3, 0.4) is 0 Å². The number of carbonyl (C=O) groups excluding carboxylic acids is 1. The minimum Gasteiger partial charge on any atom is -0.496 e. The summed E-state index contributed by atoms with van der Waals surface area (Å²) in [6.45, 7) is 4.25. The molecule has 1 aromatic heterocycles. The molecule has 0 aliphatic rings. The van der Waals surface area contributed by atoms with Gasteiger partial charge in [0.25, 0.3) is 0 Å². The first-order valence-corrected chi connectivity index (χ1v) is 7.34. The summed E-state index contributed by atoms with van der Waals surface area (Å²) in [5.74, 6) is 1.07. The van der Waals surface area contributed by atoms with E-state index in [4.69, 9.17) is 4.74 Å². The molecule has 0 saturated heterocycles. The first kappa shape index (κ1) is 14.5. The van der Waals surface area contributed by atoms with E-state index in [0.29, 0.717) is 11.0 Å². The smallest absolute Gasteiger partial charge is 0.230 e. The number of ether oxygens (including phenoxy) is 1. The van der Waals surface area contributed by atoms with E-state index in [1.807, 2.05) is 23.6 Å². The van der Waals surface area contributed by atoms with Crippen molar-refractivity contribution in [1.82, 2.24) is 4.98 Å². The quantitative estimate of drug-likeness (QED) is 0.917. The summed E-state index contributed by atoms with van der Waals surface area (Å²) in [6.07, 6.45) is 1.95. The molecule has 4 nitrogen and oxygen atoms in total. The highest BCUT2D eigenvalue weighted by Crippen LogP contribution is 2.25. The normalized spacial score (nSPS) is 10.6. The van der Waals surface area contributed by atoms with Crippen LogP contribution in [0.25, 0.3) is 0 Å². The van der Waals surface area contributed by atoms with E-state index in [2.05, 4.69) is 24.1 Å². The van der Waals surface area contributed by atoms with Crippen molar-refractivity contribution in [3.05, 3.63) is 40.9 Å². The number of hydrogen-bond acceptors (Lipinski definition) is 4. The van der Waals surface area contributed by atoms with E-state index < -0.39 is 0 Å². The molecule has 0 bridgehead atoms.